The first-order chi connectivity index (χ1) is 8.11. The van der Waals surface area contributed by atoms with Crippen LogP contribution in [-0.4, -0.2) is 12.0 Å². The first-order valence-corrected chi connectivity index (χ1v) is 5.58. The van der Waals surface area contributed by atoms with Gasteiger partial charge in [0.25, 0.3) is 5.91 Å². The molecule has 0 spiro atoms. The zero-order valence-corrected chi connectivity index (χ0v) is 10.4. The third-order valence-electron chi connectivity index (χ3n) is 1.99. The second-order valence-corrected chi connectivity index (χ2v) is 3.87. The van der Waals surface area contributed by atoms with Gasteiger partial charge in [-0.3, -0.25) is 4.79 Å². The highest BCUT2D eigenvalue weighted by Gasteiger charge is 1.99. The van der Waals surface area contributed by atoms with E-state index in [0.717, 1.165) is 11.3 Å². The Morgan fingerprint density at radius 1 is 1.35 bits per heavy atom. The van der Waals surface area contributed by atoms with E-state index in [1.54, 1.807) is 6.92 Å². The van der Waals surface area contributed by atoms with E-state index in [2.05, 4.69) is 17.2 Å². The fraction of sp³-hybridized carbons (Fsp3) is 0.357. The second kappa shape index (κ2) is 6.59. The molecule has 1 amide bonds. The Morgan fingerprint density at radius 3 is 2.53 bits per heavy atom. The van der Waals surface area contributed by atoms with Crippen molar-refractivity contribution >= 4 is 5.91 Å². The topological polar surface area (TPSA) is 38.3 Å². The van der Waals surface area contributed by atoms with Crippen molar-refractivity contribution in [3.8, 4) is 17.6 Å². The molecule has 1 rings (SSSR count). The van der Waals surface area contributed by atoms with Crippen molar-refractivity contribution in [3.63, 3.8) is 0 Å². The van der Waals surface area contributed by atoms with E-state index < -0.39 is 0 Å². The third-order valence-corrected chi connectivity index (χ3v) is 1.99. The highest BCUT2D eigenvalue weighted by Crippen LogP contribution is 2.13. The Balaban J connectivity index is 2.50. The molecule has 0 aliphatic carbocycles. The Kier molecular flexibility index (Phi) is 5.09. The van der Waals surface area contributed by atoms with E-state index in [0.29, 0.717) is 6.54 Å². The second-order valence-electron chi connectivity index (χ2n) is 3.87. The van der Waals surface area contributed by atoms with Crippen LogP contribution in [0.3, 0.4) is 0 Å². The monoisotopic (exact) mass is 231 g/mol. The number of rotatable bonds is 4. The molecule has 0 bridgehead atoms. The van der Waals surface area contributed by atoms with E-state index >= 15 is 0 Å². The van der Waals surface area contributed by atoms with Crippen molar-refractivity contribution < 1.29 is 9.53 Å². The van der Waals surface area contributed by atoms with Gasteiger partial charge in [-0.1, -0.05) is 18.1 Å². The Labute approximate surface area is 102 Å². The first kappa shape index (κ1) is 13.1. The lowest BCUT2D eigenvalue weighted by atomic mass is 10.2. The molecule has 0 aliphatic rings. The van der Waals surface area contributed by atoms with Gasteiger partial charge in [0.05, 0.1) is 6.10 Å². The van der Waals surface area contributed by atoms with Crippen LogP contribution in [0.5, 0.6) is 5.75 Å². The number of hydrogen-bond donors (Lipinski definition) is 1. The molecule has 0 aliphatic heterocycles. The quantitative estimate of drug-likeness (QED) is 0.806. The molecular formula is C14H17NO2. The van der Waals surface area contributed by atoms with Gasteiger partial charge in [0.15, 0.2) is 0 Å². The molecule has 1 N–H and O–H groups in total. The molecule has 0 atom stereocenters. The van der Waals surface area contributed by atoms with Gasteiger partial charge in [0, 0.05) is 6.54 Å². The first-order valence-electron chi connectivity index (χ1n) is 5.58. The summed E-state index contributed by atoms with van der Waals surface area (Å²) in [5.41, 5.74) is 1.02. The number of amides is 1. The van der Waals surface area contributed by atoms with Crippen LogP contribution in [0.1, 0.15) is 26.3 Å². The molecule has 0 unspecified atom stereocenters. The summed E-state index contributed by atoms with van der Waals surface area (Å²) in [7, 11) is 0. The fourth-order valence-corrected chi connectivity index (χ4v) is 1.30. The maximum absolute atomic E-state index is 11.1. The molecule has 1 aromatic rings. The summed E-state index contributed by atoms with van der Waals surface area (Å²) in [6, 6.07) is 7.65. The predicted molar refractivity (Wildman–Crippen MR) is 67.5 cm³/mol. The summed E-state index contributed by atoms with van der Waals surface area (Å²) >= 11 is 0. The maximum Gasteiger partial charge on any atom is 0.296 e. The predicted octanol–water partition coefficient (Wildman–Crippen LogP) is 2.11. The molecule has 3 nitrogen and oxygen atoms in total. The van der Waals surface area contributed by atoms with Crippen LogP contribution in [0.25, 0.3) is 0 Å². The zero-order chi connectivity index (χ0) is 12.7. The largest absolute Gasteiger partial charge is 0.491 e. The van der Waals surface area contributed by atoms with Gasteiger partial charge in [-0.15, -0.1) is 0 Å². The highest BCUT2D eigenvalue weighted by molar-refractivity contribution is 5.93. The van der Waals surface area contributed by atoms with Gasteiger partial charge in [0.1, 0.15) is 5.75 Å². The SMILES string of the molecule is CC#CC(=O)NCc1ccc(OC(C)C)cc1. The van der Waals surface area contributed by atoms with Gasteiger partial charge in [-0.05, 0) is 44.4 Å². The van der Waals surface area contributed by atoms with Crippen molar-refractivity contribution in [2.24, 2.45) is 0 Å². The van der Waals surface area contributed by atoms with Crippen molar-refractivity contribution in [1.29, 1.82) is 0 Å². The minimum absolute atomic E-state index is 0.167. The summed E-state index contributed by atoms with van der Waals surface area (Å²) in [6.45, 7) is 6.09. The van der Waals surface area contributed by atoms with Crippen LogP contribution in [0.15, 0.2) is 24.3 Å². The molecule has 3 heteroatoms. The van der Waals surface area contributed by atoms with Crippen LogP contribution in [0, 0.1) is 11.8 Å². The van der Waals surface area contributed by atoms with Gasteiger partial charge >= 0.3 is 0 Å². The summed E-state index contributed by atoms with van der Waals surface area (Å²) in [5, 5.41) is 2.71. The molecule has 1 aromatic carbocycles. The summed E-state index contributed by atoms with van der Waals surface area (Å²) in [4.78, 5) is 11.1. The normalized spacial score (nSPS) is 9.41. The van der Waals surface area contributed by atoms with Crippen LogP contribution >= 0.6 is 0 Å². The van der Waals surface area contributed by atoms with Crippen LogP contribution in [0.4, 0.5) is 0 Å². The lowest BCUT2D eigenvalue weighted by Crippen LogP contribution is -2.20. The lowest BCUT2D eigenvalue weighted by Gasteiger charge is -2.10. The molecule has 0 heterocycles. The Bertz CT molecular complexity index is 424. The van der Waals surface area contributed by atoms with Gasteiger partial charge < -0.3 is 10.1 Å². The number of ether oxygens (including phenoxy) is 1. The van der Waals surface area contributed by atoms with E-state index in [1.807, 2.05) is 38.1 Å². The minimum Gasteiger partial charge on any atom is -0.491 e. The van der Waals surface area contributed by atoms with Crippen molar-refractivity contribution in [3.05, 3.63) is 29.8 Å². The standard InChI is InChI=1S/C14H17NO2/c1-4-5-14(16)15-10-12-6-8-13(9-7-12)17-11(2)3/h6-9,11H,10H2,1-3H3,(H,15,16). The average Bonchev–Trinajstić information content (AvgIpc) is 2.28. The van der Waals surface area contributed by atoms with Crippen molar-refractivity contribution in [2.75, 3.05) is 0 Å². The Hall–Kier alpha value is -1.95. The Morgan fingerprint density at radius 2 is 2.00 bits per heavy atom. The molecule has 0 fully saturated rings. The number of nitrogens with one attached hydrogen (secondary N) is 1. The fourth-order valence-electron chi connectivity index (χ4n) is 1.30. The maximum atomic E-state index is 11.1. The van der Waals surface area contributed by atoms with E-state index in [1.165, 1.54) is 0 Å². The zero-order valence-electron chi connectivity index (χ0n) is 10.4. The van der Waals surface area contributed by atoms with Crippen LogP contribution < -0.4 is 10.1 Å². The molecule has 0 aromatic heterocycles. The van der Waals surface area contributed by atoms with Crippen LogP contribution in [0.2, 0.25) is 0 Å². The summed E-state index contributed by atoms with van der Waals surface area (Å²) in [6.07, 6.45) is 0.167. The van der Waals surface area contributed by atoms with Gasteiger partial charge in [-0.2, -0.15) is 0 Å². The molecule has 90 valence electrons. The smallest absolute Gasteiger partial charge is 0.296 e. The van der Waals surface area contributed by atoms with Crippen molar-refractivity contribution in [2.45, 2.75) is 33.4 Å². The number of carbonyl (C=O) groups excluding carboxylic acids is 1. The van der Waals surface area contributed by atoms with Crippen LogP contribution in [-0.2, 0) is 11.3 Å². The molecule has 17 heavy (non-hydrogen) atoms. The van der Waals surface area contributed by atoms with E-state index in [9.17, 15) is 4.79 Å². The lowest BCUT2D eigenvalue weighted by molar-refractivity contribution is -0.115. The van der Waals surface area contributed by atoms with Gasteiger partial charge in [0.2, 0.25) is 0 Å². The highest BCUT2D eigenvalue weighted by atomic mass is 16.5. The molecule has 0 saturated carbocycles. The molecule has 0 radical (unpaired) electrons. The molecular weight excluding hydrogens is 214 g/mol. The minimum atomic E-state index is -0.255. The summed E-state index contributed by atoms with van der Waals surface area (Å²) < 4.78 is 5.52. The molecule has 0 saturated heterocycles. The van der Waals surface area contributed by atoms with E-state index in [4.69, 9.17) is 4.74 Å². The van der Waals surface area contributed by atoms with Crippen molar-refractivity contribution in [1.82, 2.24) is 5.32 Å². The number of hydrogen-bond acceptors (Lipinski definition) is 2. The van der Waals surface area contributed by atoms with E-state index in [-0.39, 0.29) is 12.0 Å². The third kappa shape index (κ3) is 5.07. The number of benzene rings is 1. The summed E-state index contributed by atoms with van der Waals surface area (Å²) in [5.74, 6) is 5.56. The average molecular weight is 231 g/mol. The number of carbonyl (C=O) groups is 1. The van der Waals surface area contributed by atoms with Gasteiger partial charge in [-0.25, -0.2) is 0 Å².